The van der Waals surface area contributed by atoms with Crippen LogP contribution in [0.3, 0.4) is 0 Å². The van der Waals surface area contributed by atoms with Gasteiger partial charge in [0, 0.05) is 32.2 Å². The number of ether oxygens (including phenoxy) is 1. The molecule has 0 aromatic rings. The maximum atomic E-state index is 12.2. The molecule has 2 unspecified atom stereocenters. The van der Waals surface area contributed by atoms with E-state index in [1.165, 1.54) is 11.6 Å². The van der Waals surface area contributed by atoms with Crippen molar-refractivity contribution in [1.82, 2.24) is 4.90 Å². The van der Waals surface area contributed by atoms with Gasteiger partial charge in [-0.3, -0.25) is 4.79 Å². The molecule has 1 aliphatic carbocycles. The third-order valence-electron chi connectivity index (χ3n) is 3.78. The number of nitrogens with zero attached hydrogens (tertiary/aromatic N) is 1. The van der Waals surface area contributed by atoms with Crippen LogP contribution in [0.4, 0.5) is 0 Å². The summed E-state index contributed by atoms with van der Waals surface area (Å²) in [6.07, 6.45) is 1.14. The summed E-state index contributed by atoms with van der Waals surface area (Å²) in [6.45, 7) is 12.4. The summed E-state index contributed by atoms with van der Waals surface area (Å²) in [6, 6.07) is 1.60. The van der Waals surface area contributed by atoms with E-state index in [0.29, 0.717) is 18.7 Å². The molecule has 2 aliphatic rings. The molecule has 1 heterocycles. The van der Waals surface area contributed by atoms with Crippen LogP contribution in [0.5, 0.6) is 0 Å². The fourth-order valence-electron chi connectivity index (χ4n) is 2.58. The van der Waals surface area contributed by atoms with Gasteiger partial charge in [-0.2, -0.15) is 0 Å². The lowest BCUT2D eigenvalue weighted by Crippen LogP contribution is -2.32. The van der Waals surface area contributed by atoms with E-state index in [4.69, 9.17) is 4.74 Å². The molecule has 102 valence electrons. The van der Waals surface area contributed by atoms with Crippen LogP contribution in [-0.4, -0.2) is 38.3 Å². The van der Waals surface area contributed by atoms with Crippen LogP contribution >= 0.6 is 0 Å². The van der Waals surface area contributed by atoms with E-state index < -0.39 is 8.07 Å². The van der Waals surface area contributed by atoms with Crippen molar-refractivity contribution in [2.75, 3.05) is 13.3 Å². The maximum Gasteiger partial charge on any atom is 0.252 e. The van der Waals surface area contributed by atoms with Crippen LogP contribution in [0.1, 0.15) is 20.3 Å². The van der Waals surface area contributed by atoms with Crippen LogP contribution in [0.15, 0.2) is 11.1 Å². The quantitative estimate of drug-likeness (QED) is 0.435. The molecule has 3 nitrogen and oxygen atoms in total. The first-order valence-corrected chi connectivity index (χ1v) is 10.6. The number of fused-ring (bicyclic) bond motifs is 1. The van der Waals surface area contributed by atoms with E-state index in [9.17, 15) is 4.79 Å². The van der Waals surface area contributed by atoms with E-state index in [1.54, 1.807) is 0 Å². The molecule has 1 amide bonds. The number of allylic oxidation sites excluding steroid dienone is 1. The van der Waals surface area contributed by atoms with Crippen LogP contribution in [0.2, 0.25) is 25.7 Å². The Bertz CT molecular complexity index is 380. The molecular formula is C14H25NO2Si. The Balaban J connectivity index is 1.82. The first-order valence-electron chi connectivity index (χ1n) is 6.87. The molecule has 0 radical (unpaired) electrons. The van der Waals surface area contributed by atoms with Crippen molar-refractivity contribution in [1.29, 1.82) is 0 Å². The number of hydrogen-bond donors (Lipinski definition) is 0. The Hall–Kier alpha value is -0.613. The Morgan fingerprint density at radius 1 is 1.39 bits per heavy atom. The van der Waals surface area contributed by atoms with Crippen molar-refractivity contribution in [3.8, 4) is 0 Å². The highest BCUT2D eigenvalue weighted by Crippen LogP contribution is 2.49. The number of carbonyl (C=O) groups excluding carboxylic acids is 1. The van der Waals surface area contributed by atoms with E-state index in [1.807, 2.05) is 18.7 Å². The van der Waals surface area contributed by atoms with Gasteiger partial charge in [-0.25, -0.2) is 0 Å². The van der Waals surface area contributed by atoms with Gasteiger partial charge in [-0.05, 0) is 26.3 Å². The lowest BCUT2D eigenvalue weighted by Gasteiger charge is -2.21. The summed E-state index contributed by atoms with van der Waals surface area (Å²) in [7, 11) is -1.03. The number of likely N-dealkylation sites (tertiary alicyclic amines) is 1. The Morgan fingerprint density at radius 3 is 2.56 bits per heavy atom. The first kappa shape index (κ1) is 13.8. The van der Waals surface area contributed by atoms with Gasteiger partial charge >= 0.3 is 0 Å². The van der Waals surface area contributed by atoms with Gasteiger partial charge < -0.3 is 9.64 Å². The molecule has 1 saturated heterocycles. The Morgan fingerprint density at radius 2 is 2.06 bits per heavy atom. The van der Waals surface area contributed by atoms with Gasteiger partial charge in [-0.15, -0.1) is 0 Å². The first-order chi connectivity index (χ1) is 8.31. The molecule has 0 aromatic heterocycles. The van der Waals surface area contributed by atoms with Gasteiger partial charge in [0.2, 0.25) is 0 Å². The largest absolute Gasteiger partial charge is 0.361 e. The number of hydrogen-bond acceptors (Lipinski definition) is 2. The van der Waals surface area contributed by atoms with Crippen molar-refractivity contribution in [2.24, 2.45) is 5.92 Å². The Labute approximate surface area is 111 Å². The third-order valence-corrected chi connectivity index (χ3v) is 5.49. The van der Waals surface area contributed by atoms with E-state index in [0.717, 1.165) is 18.6 Å². The molecule has 0 N–H and O–H groups in total. The van der Waals surface area contributed by atoms with Gasteiger partial charge in [-0.1, -0.05) is 25.2 Å². The monoisotopic (exact) mass is 267 g/mol. The minimum absolute atomic E-state index is 0.212. The van der Waals surface area contributed by atoms with Gasteiger partial charge in [0.05, 0.1) is 0 Å². The van der Waals surface area contributed by atoms with Crippen molar-refractivity contribution in [3.63, 3.8) is 0 Å². The molecular weight excluding hydrogens is 242 g/mol. The average molecular weight is 267 g/mol. The second kappa shape index (κ2) is 4.81. The zero-order valence-corrected chi connectivity index (χ0v) is 13.2. The molecule has 18 heavy (non-hydrogen) atoms. The summed E-state index contributed by atoms with van der Waals surface area (Å²) in [5, 5.41) is 0. The minimum Gasteiger partial charge on any atom is -0.361 e. The molecule has 0 aromatic carbocycles. The van der Waals surface area contributed by atoms with Crippen molar-refractivity contribution >= 4 is 14.0 Å². The molecule has 0 spiro atoms. The highest BCUT2D eigenvalue weighted by molar-refractivity contribution is 6.76. The Kier molecular flexibility index (Phi) is 3.69. The SMILES string of the molecule is CC(C)=C1C(=O)N(COCC[Si](C)(C)C)C2CC12. The van der Waals surface area contributed by atoms with Crippen molar-refractivity contribution in [2.45, 2.75) is 52.0 Å². The summed E-state index contributed by atoms with van der Waals surface area (Å²) < 4.78 is 5.71. The van der Waals surface area contributed by atoms with E-state index in [2.05, 4.69) is 19.6 Å². The molecule has 1 aliphatic heterocycles. The fraction of sp³-hybridized carbons (Fsp3) is 0.786. The predicted molar refractivity (Wildman–Crippen MR) is 76.1 cm³/mol. The zero-order valence-electron chi connectivity index (χ0n) is 12.2. The van der Waals surface area contributed by atoms with Gasteiger partial charge in [0.1, 0.15) is 6.73 Å². The highest BCUT2D eigenvalue weighted by Gasteiger charge is 2.55. The van der Waals surface area contributed by atoms with Crippen molar-refractivity contribution < 1.29 is 9.53 Å². The second-order valence-corrected chi connectivity index (χ2v) is 12.6. The van der Waals surface area contributed by atoms with Crippen LogP contribution in [-0.2, 0) is 9.53 Å². The number of amides is 1. The lowest BCUT2D eigenvalue weighted by atomic mass is 10.1. The standard InChI is InChI=1S/C14H25NO2Si/c1-10(2)13-11-8-12(11)15(14(13)16)9-17-6-7-18(3,4)5/h11-12H,6-9H2,1-5H3. The van der Waals surface area contributed by atoms with Gasteiger partial charge in [0.25, 0.3) is 5.91 Å². The second-order valence-electron chi connectivity index (χ2n) is 6.95. The van der Waals surface area contributed by atoms with E-state index >= 15 is 0 Å². The van der Waals surface area contributed by atoms with Crippen LogP contribution in [0.25, 0.3) is 0 Å². The minimum atomic E-state index is -1.03. The highest BCUT2D eigenvalue weighted by atomic mass is 28.3. The molecule has 2 atom stereocenters. The number of rotatable bonds is 5. The van der Waals surface area contributed by atoms with E-state index in [-0.39, 0.29) is 5.91 Å². The van der Waals surface area contributed by atoms with Crippen molar-refractivity contribution in [3.05, 3.63) is 11.1 Å². The smallest absolute Gasteiger partial charge is 0.252 e. The lowest BCUT2D eigenvalue weighted by molar-refractivity contribution is -0.131. The molecule has 2 fully saturated rings. The molecule has 4 heteroatoms. The fourth-order valence-corrected chi connectivity index (χ4v) is 3.34. The molecule has 1 saturated carbocycles. The summed E-state index contributed by atoms with van der Waals surface area (Å²) >= 11 is 0. The summed E-state index contributed by atoms with van der Waals surface area (Å²) in [4.78, 5) is 14.1. The molecule has 2 rings (SSSR count). The number of carbonyl (C=O) groups is 1. The number of piperidine rings is 1. The average Bonchev–Trinajstić information content (AvgIpc) is 2.90. The third kappa shape index (κ3) is 2.86. The topological polar surface area (TPSA) is 29.5 Å². The summed E-state index contributed by atoms with van der Waals surface area (Å²) in [5.41, 5.74) is 2.23. The van der Waals surface area contributed by atoms with Crippen LogP contribution in [0, 0.1) is 5.92 Å². The molecule has 0 bridgehead atoms. The summed E-state index contributed by atoms with van der Waals surface area (Å²) in [5.74, 6) is 0.715. The zero-order chi connectivity index (χ0) is 13.5. The maximum absolute atomic E-state index is 12.2. The normalized spacial score (nSPS) is 26.6. The van der Waals surface area contributed by atoms with Gasteiger partial charge in [0.15, 0.2) is 0 Å². The van der Waals surface area contributed by atoms with Crippen LogP contribution < -0.4 is 0 Å². The predicted octanol–water partition coefficient (Wildman–Crippen LogP) is 2.87.